The lowest BCUT2D eigenvalue weighted by molar-refractivity contribution is 0.563. The third-order valence-corrected chi connectivity index (χ3v) is 6.13. The lowest BCUT2D eigenvalue weighted by atomic mass is 10.1. The van der Waals surface area contributed by atoms with Crippen LogP contribution >= 0.6 is 27.3 Å². The van der Waals surface area contributed by atoms with Crippen molar-refractivity contribution in [3.8, 4) is 21.8 Å². The molecule has 0 spiro atoms. The topological polar surface area (TPSA) is 46.3 Å². The van der Waals surface area contributed by atoms with Gasteiger partial charge in [-0.3, -0.25) is 0 Å². The molecular formula is C22H19BrN2O2S. The van der Waals surface area contributed by atoms with E-state index in [0.29, 0.717) is 16.2 Å². The number of halogens is 1. The number of nitrogens with zero attached hydrogens (tertiary/aromatic N) is 2. The molecule has 4 nitrogen and oxygen atoms in total. The summed E-state index contributed by atoms with van der Waals surface area (Å²) in [6.07, 6.45) is 0. The first-order chi connectivity index (χ1) is 13.6. The van der Waals surface area contributed by atoms with E-state index in [-0.39, 0.29) is 5.63 Å². The number of hydrogen-bond donors (Lipinski definition) is 0. The fraction of sp³-hybridized carbons (Fsp3) is 0.182. The Kier molecular flexibility index (Phi) is 5.33. The molecule has 0 saturated heterocycles. The first-order valence-electron chi connectivity index (χ1n) is 9.13. The fourth-order valence-corrected chi connectivity index (χ4v) is 4.28. The van der Waals surface area contributed by atoms with Crippen molar-refractivity contribution < 1.29 is 4.42 Å². The minimum atomic E-state index is -0.360. The van der Waals surface area contributed by atoms with Gasteiger partial charge < -0.3 is 9.32 Å². The Hall–Kier alpha value is -2.44. The van der Waals surface area contributed by atoms with E-state index in [1.54, 1.807) is 0 Å². The van der Waals surface area contributed by atoms with Crippen LogP contribution < -0.4 is 10.5 Å². The zero-order valence-electron chi connectivity index (χ0n) is 15.6. The van der Waals surface area contributed by atoms with Crippen molar-refractivity contribution >= 4 is 43.9 Å². The van der Waals surface area contributed by atoms with E-state index < -0.39 is 0 Å². The second-order valence-corrected chi connectivity index (χ2v) is 8.16. The zero-order valence-corrected chi connectivity index (χ0v) is 18.0. The predicted octanol–water partition coefficient (Wildman–Crippen LogP) is 6.19. The Morgan fingerprint density at radius 2 is 1.82 bits per heavy atom. The Morgan fingerprint density at radius 1 is 1.07 bits per heavy atom. The summed E-state index contributed by atoms with van der Waals surface area (Å²) in [6, 6.07) is 15.8. The van der Waals surface area contributed by atoms with Crippen molar-refractivity contribution in [3.63, 3.8) is 0 Å². The first kappa shape index (κ1) is 18.9. The summed E-state index contributed by atoms with van der Waals surface area (Å²) in [5, 5.41) is 3.53. The van der Waals surface area contributed by atoms with Crippen molar-refractivity contribution in [2.75, 3.05) is 18.0 Å². The first-order valence-corrected chi connectivity index (χ1v) is 10.8. The maximum absolute atomic E-state index is 12.6. The molecule has 4 aromatic rings. The fourth-order valence-electron chi connectivity index (χ4n) is 3.19. The monoisotopic (exact) mass is 454 g/mol. The van der Waals surface area contributed by atoms with Gasteiger partial charge in [0.25, 0.3) is 0 Å². The SMILES string of the molecule is CCN(CC)c1ccc2cc(-c3nc(-c4ccc(Br)cc4)cs3)c(=O)oc2c1. The van der Waals surface area contributed by atoms with Crippen LogP contribution in [0.3, 0.4) is 0 Å². The van der Waals surface area contributed by atoms with Crippen LogP contribution in [0.1, 0.15) is 13.8 Å². The maximum atomic E-state index is 12.6. The lowest BCUT2D eigenvalue weighted by Gasteiger charge is -2.20. The van der Waals surface area contributed by atoms with Crippen LogP contribution in [0.25, 0.3) is 32.8 Å². The van der Waals surface area contributed by atoms with Crippen LogP contribution in [0.15, 0.2) is 67.6 Å². The van der Waals surface area contributed by atoms with E-state index >= 15 is 0 Å². The summed E-state index contributed by atoms with van der Waals surface area (Å²) in [5.41, 5.74) is 3.66. The molecular weight excluding hydrogens is 436 g/mol. The molecule has 0 unspecified atom stereocenters. The minimum Gasteiger partial charge on any atom is -0.422 e. The van der Waals surface area contributed by atoms with Crippen LogP contribution in [-0.4, -0.2) is 18.1 Å². The van der Waals surface area contributed by atoms with E-state index in [9.17, 15) is 4.79 Å². The molecule has 2 aromatic heterocycles. The highest BCUT2D eigenvalue weighted by molar-refractivity contribution is 9.10. The van der Waals surface area contributed by atoms with Gasteiger partial charge in [-0.25, -0.2) is 9.78 Å². The number of fused-ring (bicyclic) bond motifs is 1. The highest BCUT2D eigenvalue weighted by atomic mass is 79.9. The van der Waals surface area contributed by atoms with Gasteiger partial charge in [0.2, 0.25) is 0 Å². The predicted molar refractivity (Wildman–Crippen MR) is 120 cm³/mol. The van der Waals surface area contributed by atoms with Gasteiger partial charge in [0, 0.05) is 45.6 Å². The van der Waals surface area contributed by atoms with Crippen LogP contribution in [0.4, 0.5) is 5.69 Å². The van der Waals surface area contributed by atoms with Crippen LogP contribution in [0, 0.1) is 0 Å². The summed E-state index contributed by atoms with van der Waals surface area (Å²) in [5.74, 6) is 0. The second-order valence-electron chi connectivity index (χ2n) is 6.39. The largest absolute Gasteiger partial charge is 0.422 e. The molecule has 0 amide bonds. The third-order valence-electron chi connectivity index (χ3n) is 4.72. The lowest BCUT2D eigenvalue weighted by Crippen LogP contribution is -2.21. The number of rotatable bonds is 5. The van der Waals surface area contributed by atoms with E-state index in [1.165, 1.54) is 11.3 Å². The summed E-state index contributed by atoms with van der Waals surface area (Å²) >= 11 is 4.89. The summed E-state index contributed by atoms with van der Waals surface area (Å²) in [4.78, 5) is 19.5. The van der Waals surface area contributed by atoms with Gasteiger partial charge in [-0.15, -0.1) is 11.3 Å². The van der Waals surface area contributed by atoms with Crippen LogP contribution in [0.5, 0.6) is 0 Å². The number of benzene rings is 2. The van der Waals surface area contributed by atoms with Gasteiger partial charge in [0.1, 0.15) is 10.6 Å². The molecule has 6 heteroatoms. The summed E-state index contributed by atoms with van der Waals surface area (Å²) < 4.78 is 6.66. The van der Waals surface area contributed by atoms with Gasteiger partial charge in [0.15, 0.2) is 0 Å². The van der Waals surface area contributed by atoms with Gasteiger partial charge >= 0.3 is 5.63 Å². The average Bonchev–Trinajstić information content (AvgIpc) is 3.19. The summed E-state index contributed by atoms with van der Waals surface area (Å²) in [6.45, 7) is 6.03. The van der Waals surface area contributed by atoms with Gasteiger partial charge in [0.05, 0.1) is 11.3 Å². The minimum absolute atomic E-state index is 0.360. The molecule has 0 aliphatic heterocycles. The Bertz CT molecular complexity index is 1180. The highest BCUT2D eigenvalue weighted by Gasteiger charge is 2.14. The van der Waals surface area contributed by atoms with Gasteiger partial charge in [-0.2, -0.15) is 0 Å². The molecule has 0 radical (unpaired) electrons. The van der Waals surface area contributed by atoms with Crippen LogP contribution in [-0.2, 0) is 0 Å². The molecule has 0 atom stereocenters. The van der Waals surface area contributed by atoms with Crippen molar-refractivity contribution in [2.24, 2.45) is 0 Å². The molecule has 0 fully saturated rings. The van der Waals surface area contributed by atoms with Crippen molar-refractivity contribution in [1.82, 2.24) is 4.98 Å². The number of thiazole rings is 1. The normalized spacial score (nSPS) is 11.1. The second kappa shape index (κ2) is 7.89. The average molecular weight is 455 g/mol. The molecule has 0 saturated carbocycles. The van der Waals surface area contributed by atoms with E-state index in [2.05, 4.69) is 45.7 Å². The standard InChI is InChI=1S/C22H19BrN2O2S/c1-3-25(4-2)17-10-7-15-11-18(22(26)27-20(15)12-17)21-24-19(13-28-21)14-5-8-16(23)9-6-14/h5-13H,3-4H2,1-2H3. The Morgan fingerprint density at radius 3 is 2.54 bits per heavy atom. The highest BCUT2D eigenvalue weighted by Crippen LogP contribution is 2.30. The molecule has 0 N–H and O–H groups in total. The summed E-state index contributed by atoms with van der Waals surface area (Å²) in [7, 11) is 0. The maximum Gasteiger partial charge on any atom is 0.346 e. The third kappa shape index (κ3) is 3.62. The van der Waals surface area contributed by atoms with E-state index in [0.717, 1.165) is 39.9 Å². The molecule has 0 aliphatic rings. The molecule has 142 valence electrons. The molecule has 4 rings (SSSR count). The molecule has 0 aliphatic carbocycles. The molecule has 28 heavy (non-hydrogen) atoms. The van der Waals surface area contributed by atoms with Gasteiger partial charge in [-0.05, 0) is 44.2 Å². The van der Waals surface area contributed by atoms with Gasteiger partial charge in [-0.1, -0.05) is 28.1 Å². The quantitative estimate of drug-likeness (QED) is 0.337. The Balaban J connectivity index is 1.73. The Labute approximate surface area is 175 Å². The smallest absolute Gasteiger partial charge is 0.346 e. The number of aromatic nitrogens is 1. The molecule has 2 aromatic carbocycles. The van der Waals surface area contributed by atoms with Crippen molar-refractivity contribution in [1.29, 1.82) is 0 Å². The molecule has 0 bridgehead atoms. The number of hydrogen-bond acceptors (Lipinski definition) is 5. The zero-order chi connectivity index (χ0) is 19.7. The van der Waals surface area contributed by atoms with Crippen LogP contribution in [0.2, 0.25) is 0 Å². The van der Waals surface area contributed by atoms with Crippen molar-refractivity contribution in [3.05, 3.63) is 68.8 Å². The van der Waals surface area contributed by atoms with Crippen molar-refractivity contribution in [2.45, 2.75) is 13.8 Å². The number of anilines is 1. The molecule has 2 heterocycles. The van der Waals surface area contributed by atoms with E-state index in [4.69, 9.17) is 4.42 Å². The van der Waals surface area contributed by atoms with E-state index in [1.807, 2.05) is 47.8 Å².